The van der Waals surface area contributed by atoms with Crippen LogP contribution in [0.3, 0.4) is 0 Å². The summed E-state index contributed by atoms with van der Waals surface area (Å²) in [7, 11) is 1.37. The van der Waals surface area contributed by atoms with Crippen LogP contribution in [0.15, 0.2) is 78.9 Å². The molecule has 3 aromatic carbocycles. The van der Waals surface area contributed by atoms with Gasteiger partial charge in [-0.3, -0.25) is 0 Å². The van der Waals surface area contributed by atoms with E-state index in [-0.39, 0.29) is 12.0 Å². The Morgan fingerprint density at radius 3 is 2.28 bits per heavy atom. The number of hydrogen-bond acceptors (Lipinski definition) is 5. The number of methoxy groups -OCH3 is 1. The van der Waals surface area contributed by atoms with Crippen LogP contribution in [0.1, 0.15) is 44.9 Å². The molecular formula is C26H24N2O4. The van der Waals surface area contributed by atoms with Crippen molar-refractivity contribution in [2.45, 2.75) is 13.0 Å². The Labute approximate surface area is 186 Å². The fourth-order valence-electron chi connectivity index (χ4n) is 3.78. The summed E-state index contributed by atoms with van der Waals surface area (Å²) >= 11 is 0. The molecule has 0 aliphatic carbocycles. The number of fused-ring (bicyclic) bond motifs is 1. The van der Waals surface area contributed by atoms with Gasteiger partial charge in [-0.2, -0.15) is 0 Å². The second-order valence-electron chi connectivity index (χ2n) is 7.24. The van der Waals surface area contributed by atoms with E-state index in [0.29, 0.717) is 17.9 Å². The summed E-state index contributed by atoms with van der Waals surface area (Å²) in [6.45, 7) is 2.10. The lowest BCUT2D eigenvalue weighted by atomic mass is 9.95. The minimum absolute atomic E-state index is 0.325. The molecule has 4 rings (SSSR count). The van der Waals surface area contributed by atoms with Crippen LogP contribution in [0.25, 0.3) is 10.9 Å². The summed E-state index contributed by atoms with van der Waals surface area (Å²) in [5, 5.41) is 4.46. The number of aromatic amines is 1. The molecule has 0 saturated carbocycles. The topological polar surface area (TPSA) is 80.4 Å². The van der Waals surface area contributed by atoms with Crippen LogP contribution < -0.4 is 5.32 Å². The zero-order chi connectivity index (χ0) is 22.5. The highest BCUT2D eigenvalue weighted by Gasteiger charge is 2.26. The van der Waals surface area contributed by atoms with Crippen LogP contribution in [-0.2, 0) is 9.47 Å². The molecule has 0 amide bonds. The van der Waals surface area contributed by atoms with Gasteiger partial charge in [0, 0.05) is 22.2 Å². The van der Waals surface area contributed by atoms with Gasteiger partial charge in [-0.05, 0) is 42.8 Å². The van der Waals surface area contributed by atoms with Crippen molar-refractivity contribution in [3.05, 3.63) is 101 Å². The van der Waals surface area contributed by atoms with Gasteiger partial charge in [-0.15, -0.1) is 0 Å². The van der Waals surface area contributed by atoms with Crippen molar-refractivity contribution in [3.8, 4) is 0 Å². The lowest BCUT2D eigenvalue weighted by Gasteiger charge is -2.22. The third-order valence-corrected chi connectivity index (χ3v) is 5.26. The molecule has 4 aromatic rings. The number of esters is 2. The van der Waals surface area contributed by atoms with E-state index in [2.05, 4.69) is 10.3 Å². The summed E-state index contributed by atoms with van der Waals surface area (Å²) < 4.78 is 10.1. The predicted molar refractivity (Wildman–Crippen MR) is 124 cm³/mol. The molecule has 0 spiro atoms. The number of rotatable bonds is 7. The quantitative estimate of drug-likeness (QED) is 0.389. The maximum Gasteiger partial charge on any atom is 0.354 e. The van der Waals surface area contributed by atoms with Gasteiger partial charge in [0.05, 0.1) is 25.3 Å². The molecule has 162 valence electrons. The number of para-hydroxylation sites is 1. The second-order valence-corrected chi connectivity index (χ2v) is 7.24. The first-order chi connectivity index (χ1) is 15.6. The molecule has 0 aliphatic rings. The Morgan fingerprint density at radius 2 is 1.59 bits per heavy atom. The fourth-order valence-corrected chi connectivity index (χ4v) is 3.78. The summed E-state index contributed by atoms with van der Waals surface area (Å²) in [4.78, 5) is 27.8. The predicted octanol–water partition coefficient (Wildman–Crippen LogP) is 5.33. The lowest BCUT2D eigenvalue weighted by Crippen LogP contribution is -2.16. The standard InChI is InChI=1S/C26H24N2O4/c1-3-32-25(29)18-13-15-19(16-14-18)27-23(17-9-5-4-6-10-17)22-20-11-7-8-12-21(20)28-24(22)26(30)31-2/h4-16,23,27-28H,3H2,1-2H3/t23-/m0/s1. The maximum absolute atomic E-state index is 12.6. The highest BCUT2D eigenvalue weighted by molar-refractivity contribution is 5.99. The Hall–Kier alpha value is -4.06. The highest BCUT2D eigenvalue weighted by Crippen LogP contribution is 2.35. The van der Waals surface area contributed by atoms with Crippen LogP contribution >= 0.6 is 0 Å². The monoisotopic (exact) mass is 428 g/mol. The summed E-state index contributed by atoms with van der Waals surface area (Å²) in [6, 6.07) is 24.4. The van der Waals surface area contributed by atoms with E-state index in [9.17, 15) is 9.59 Å². The van der Waals surface area contributed by atoms with Crippen molar-refractivity contribution in [2.24, 2.45) is 0 Å². The number of benzene rings is 3. The molecule has 1 atom stereocenters. The molecule has 0 bridgehead atoms. The molecule has 2 N–H and O–H groups in total. The van der Waals surface area contributed by atoms with Crippen molar-refractivity contribution < 1.29 is 19.1 Å². The fraction of sp³-hybridized carbons (Fsp3) is 0.154. The molecule has 0 aliphatic heterocycles. The number of nitrogens with one attached hydrogen (secondary N) is 2. The van der Waals surface area contributed by atoms with E-state index in [1.807, 2.05) is 66.7 Å². The number of ether oxygens (including phenoxy) is 2. The van der Waals surface area contributed by atoms with Gasteiger partial charge in [-0.1, -0.05) is 48.5 Å². The smallest absolute Gasteiger partial charge is 0.354 e. The SMILES string of the molecule is CCOC(=O)c1ccc(N[C@@H](c2ccccc2)c2c(C(=O)OC)[nH]c3ccccc23)cc1. The molecule has 32 heavy (non-hydrogen) atoms. The Bertz CT molecular complexity index is 1230. The summed E-state index contributed by atoms with van der Waals surface area (Å²) in [5.41, 5.74) is 4.32. The molecule has 0 radical (unpaired) electrons. The highest BCUT2D eigenvalue weighted by atomic mass is 16.5. The summed E-state index contributed by atoms with van der Waals surface area (Å²) in [6.07, 6.45) is 0. The van der Waals surface area contributed by atoms with Gasteiger partial charge in [-0.25, -0.2) is 9.59 Å². The van der Waals surface area contributed by atoms with Gasteiger partial charge in [0.2, 0.25) is 0 Å². The van der Waals surface area contributed by atoms with Crippen LogP contribution in [0, 0.1) is 0 Å². The Kier molecular flexibility index (Phi) is 6.22. The van der Waals surface area contributed by atoms with Crippen molar-refractivity contribution in [2.75, 3.05) is 19.0 Å². The van der Waals surface area contributed by atoms with E-state index in [1.54, 1.807) is 19.1 Å². The van der Waals surface area contributed by atoms with Gasteiger partial charge in [0.15, 0.2) is 0 Å². The number of aromatic nitrogens is 1. The molecule has 0 fully saturated rings. The minimum atomic E-state index is -0.434. The minimum Gasteiger partial charge on any atom is -0.464 e. The maximum atomic E-state index is 12.6. The zero-order valence-corrected chi connectivity index (χ0v) is 17.9. The lowest BCUT2D eigenvalue weighted by molar-refractivity contribution is 0.0525. The van der Waals surface area contributed by atoms with Gasteiger partial charge in [0.25, 0.3) is 0 Å². The average molecular weight is 428 g/mol. The van der Waals surface area contributed by atoms with Crippen LogP contribution in [-0.4, -0.2) is 30.6 Å². The number of anilines is 1. The van der Waals surface area contributed by atoms with Crippen LogP contribution in [0.5, 0.6) is 0 Å². The number of hydrogen-bond donors (Lipinski definition) is 2. The molecule has 6 heteroatoms. The van der Waals surface area contributed by atoms with Crippen LogP contribution in [0.2, 0.25) is 0 Å². The molecule has 0 unspecified atom stereocenters. The first-order valence-corrected chi connectivity index (χ1v) is 10.4. The van der Waals surface area contributed by atoms with Gasteiger partial charge < -0.3 is 19.8 Å². The summed E-state index contributed by atoms with van der Waals surface area (Å²) in [5.74, 6) is -0.792. The third-order valence-electron chi connectivity index (χ3n) is 5.26. The van der Waals surface area contributed by atoms with E-state index < -0.39 is 5.97 Å². The Balaban J connectivity index is 1.80. The van der Waals surface area contributed by atoms with E-state index >= 15 is 0 Å². The molecule has 1 aromatic heterocycles. The molecule has 6 nitrogen and oxygen atoms in total. The largest absolute Gasteiger partial charge is 0.464 e. The van der Waals surface area contributed by atoms with Crippen molar-refractivity contribution in [1.29, 1.82) is 0 Å². The zero-order valence-electron chi connectivity index (χ0n) is 17.9. The first-order valence-electron chi connectivity index (χ1n) is 10.4. The van der Waals surface area contributed by atoms with Crippen molar-refractivity contribution in [1.82, 2.24) is 4.98 Å². The van der Waals surface area contributed by atoms with Gasteiger partial charge in [0.1, 0.15) is 5.69 Å². The van der Waals surface area contributed by atoms with E-state index in [0.717, 1.165) is 27.7 Å². The average Bonchev–Trinajstić information content (AvgIpc) is 3.22. The number of H-pyrrole nitrogens is 1. The van der Waals surface area contributed by atoms with Crippen LogP contribution in [0.4, 0.5) is 5.69 Å². The normalized spacial score (nSPS) is 11.7. The number of carbonyl (C=O) groups is 2. The van der Waals surface area contributed by atoms with Gasteiger partial charge >= 0.3 is 11.9 Å². The Morgan fingerprint density at radius 1 is 0.906 bits per heavy atom. The van der Waals surface area contributed by atoms with E-state index in [1.165, 1.54) is 7.11 Å². The first kappa shape index (κ1) is 21.2. The number of carbonyl (C=O) groups excluding carboxylic acids is 2. The third kappa shape index (κ3) is 4.21. The molecule has 1 heterocycles. The second kappa shape index (κ2) is 9.39. The van der Waals surface area contributed by atoms with E-state index in [4.69, 9.17) is 9.47 Å². The molecule has 0 saturated heterocycles. The molecular weight excluding hydrogens is 404 g/mol. The van der Waals surface area contributed by atoms with Crippen molar-refractivity contribution in [3.63, 3.8) is 0 Å². The van der Waals surface area contributed by atoms with Crippen molar-refractivity contribution >= 4 is 28.5 Å².